The normalized spacial score (nSPS) is 11.8. The van der Waals surface area contributed by atoms with Crippen molar-refractivity contribution in [3.8, 4) is 11.5 Å². The number of rotatable bonds is 7. The van der Waals surface area contributed by atoms with E-state index < -0.39 is 16.8 Å². The monoisotopic (exact) mass is 409 g/mol. The number of nitrogens with one attached hydrogen (secondary N) is 2. The van der Waals surface area contributed by atoms with Crippen LogP contribution in [0.3, 0.4) is 0 Å². The summed E-state index contributed by atoms with van der Waals surface area (Å²) in [5.74, 6) is -0.564. The zero-order valence-corrected chi connectivity index (χ0v) is 16.9. The molecule has 0 aliphatic rings. The number of phenols is 2. The van der Waals surface area contributed by atoms with Crippen molar-refractivity contribution in [1.29, 1.82) is 0 Å². The van der Waals surface area contributed by atoms with E-state index in [1.165, 1.54) is 17.0 Å². The van der Waals surface area contributed by atoms with Crippen LogP contribution in [0.2, 0.25) is 0 Å². The Morgan fingerprint density at radius 1 is 1.00 bits per heavy atom. The Morgan fingerprint density at radius 3 is 2.23 bits per heavy atom. The van der Waals surface area contributed by atoms with Crippen LogP contribution in [0.1, 0.15) is 35.3 Å². The maximum atomic E-state index is 12.2. The third kappa shape index (κ3) is 3.84. The number of phenolic OH excluding ortho intramolecular Hbond substituents is 2. The molecule has 3 aromatic rings. The Kier molecular flexibility index (Phi) is 5.77. The summed E-state index contributed by atoms with van der Waals surface area (Å²) < 4.78 is 0. The van der Waals surface area contributed by atoms with E-state index in [4.69, 9.17) is 0 Å². The highest BCUT2D eigenvalue weighted by Crippen LogP contribution is 2.33. The average molecular weight is 409 g/mol. The second kappa shape index (κ2) is 8.28. The molecule has 4 N–H and O–H groups in total. The first kappa shape index (κ1) is 20.9. The van der Waals surface area contributed by atoms with Crippen molar-refractivity contribution >= 4 is 23.0 Å². The minimum Gasteiger partial charge on any atom is -0.508 e. The number of benzene rings is 2. The molecule has 0 spiro atoms. The van der Waals surface area contributed by atoms with Crippen LogP contribution in [0.15, 0.2) is 52.1 Å². The maximum absolute atomic E-state index is 12.2. The van der Waals surface area contributed by atoms with Crippen molar-refractivity contribution in [2.45, 2.75) is 19.4 Å². The first-order valence-corrected chi connectivity index (χ1v) is 9.44. The van der Waals surface area contributed by atoms with Crippen LogP contribution in [0.5, 0.6) is 11.5 Å². The van der Waals surface area contributed by atoms with Crippen molar-refractivity contribution in [2.75, 3.05) is 24.7 Å². The van der Waals surface area contributed by atoms with Gasteiger partial charge in [0.2, 0.25) is 0 Å². The molecule has 0 bridgehead atoms. The van der Waals surface area contributed by atoms with Gasteiger partial charge < -0.3 is 25.7 Å². The molecule has 3 aromatic carbocycles. The first-order chi connectivity index (χ1) is 14.2. The van der Waals surface area contributed by atoms with Gasteiger partial charge in [-0.1, -0.05) is 25.1 Å². The smallest absolute Gasteiger partial charge is 0.257 e. The predicted octanol–water partition coefficient (Wildman–Crippen LogP) is 2.70. The molecule has 0 heterocycles. The van der Waals surface area contributed by atoms with Crippen LogP contribution in [0.4, 0.5) is 17.1 Å². The molecule has 0 aliphatic carbocycles. The fourth-order valence-corrected chi connectivity index (χ4v) is 3.14. The molecule has 0 radical (unpaired) electrons. The van der Waals surface area contributed by atoms with E-state index in [0.29, 0.717) is 6.42 Å². The molecule has 0 saturated carbocycles. The van der Waals surface area contributed by atoms with Crippen molar-refractivity contribution in [2.24, 2.45) is 0 Å². The van der Waals surface area contributed by atoms with Crippen LogP contribution in [0, 0.1) is 0 Å². The zero-order valence-electron chi connectivity index (χ0n) is 16.9. The number of carbonyl (C=O) groups is 1. The largest absolute Gasteiger partial charge is 0.508 e. The van der Waals surface area contributed by atoms with Crippen LogP contribution in [-0.2, 0) is 0 Å². The molecular weight excluding hydrogens is 386 g/mol. The summed E-state index contributed by atoms with van der Waals surface area (Å²) in [5.41, 5.74) is -0.151. The molecule has 30 heavy (non-hydrogen) atoms. The fourth-order valence-electron chi connectivity index (χ4n) is 3.14. The topological polar surface area (TPSA) is 119 Å². The van der Waals surface area contributed by atoms with Gasteiger partial charge in [0.25, 0.3) is 16.8 Å². The van der Waals surface area contributed by atoms with E-state index in [0.717, 1.165) is 5.56 Å². The third-order valence-electron chi connectivity index (χ3n) is 4.86. The quantitative estimate of drug-likeness (QED) is 0.350. The van der Waals surface area contributed by atoms with Gasteiger partial charge in [-0.15, -0.1) is 0 Å². The molecule has 0 aromatic heterocycles. The highest BCUT2D eigenvalue weighted by molar-refractivity contribution is 5.99. The second-order valence-corrected chi connectivity index (χ2v) is 7.13. The van der Waals surface area contributed by atoms with E-state index in [-0.39, 0.29) is 40.2 Å². The Labute approximate surface area is 173 Å². The summed E-state index contributed by atoms with van der Waals surface area (Å²) in [4.78, 5) is 37.9. The van der Waals surface area contributed by atoms with Gasteiger partial charge in [0.05, 0.1) is 17.3 Å². The number of hydrogen-bond donors (Lipinski definition) is 4. The van der Waals surface area contributed by atoms with Gasteiger partial charge in [-0.2, -0.15) is 0 Å². The molecule has 0 saturated heterocycles. The summed E-state index contributed by atoms with van der Waals surface area (Å²) in [7, 11) is 3.13. The van der Waals surface area contributed by atoms with E-state index >= 15 is 0 Å². The predicted molar refractivity (Wildman–Crippen MR) is 116 cm³/mol. The zero-order chi connectivity index (χ0) is 22.0. The van der Waals surface area contributed by atoms with Gasteiger partial charge in [-0.05, 0) is 36.2 Å². The van der Waals surface area contributed by atoms with Crippen molar-refractivity contribution < 1.29 is 15.0 Å². The SMILES string of the molecule is CCC(Nc1c(Nc2cccc(C(=O)N(C)C)c2O)c(=O)c1=O)c1ccc(O)cc1. The van der Waals surface area contributed by atoms with Gasteiger partial charge >= 0.3 is 0 Å². The molecule has 0 fully saturated rings. The minimum absolute atomic E-state index is 0.0296. The van der Waals surface area contributed by atoms with Gasteiger partial charge in [0.15, 0.2) is 5.75 Å². The van der Waals surface area contributed by atoms with Gasteiger partial charge in [-0.25, -0.2) is 0 Å². The highest BCUT2D eigenvalue weighted by Gasteiger charge is 2.25. The molecule has 1 unspecified atom stereocenters. The first-order valence-electron chi connectivity index (χ1n) is 9.44. The Hall–Kier alpha value is -3.81. The van der Waals surface area contributed by atoms with E-state index in [2.05, 4.69) is 10.6 Å². The summed E-state index contributed by atoms with van der Waals surface area (Å²) in [6, 6.07) is 10.9. The number of hydrogen-bond acceptors (Lipinski definition) is 7. The molecule has 1 atom stereocenters. The van der Waals surface area contributed by atoms with Gasteiger partial charge in [0, 0.05) is 14.1 Å². The lowest BCUT2D eigenvalue weighted by Gasteiger charge is -2.22. The Balaban J connectivity index is 1.90. The van der Waals surface area contributed by atoms with Crippen molar-refractivity contribution in [3.05, 3.63) is 74.0 Å². The van der Waals surface area contributed by atoms with Crippen molar-refractivity contribution in [1.82, 2.24) is 4.90 Å². The van der Waals surface area contributed by atoms with Crippen LogP contribution >= 0.6 is 0 Å². The van der Waals surface area contributed by atoms with Gasteiger partial charge in [-0.3, -0.25) is 14.4 Å². The summed E-state index contributed by atoms with van der Waals surface area (Å²) in [5, 5.41) is 25.8. The molecule has 3 rings (SSSR count). The summed E-state index contributed by atoms with van der Waals surface area (Å²) >= 11 is 0. The second-order valence-electron chi connectivity index (χ2n) is 7.13. The summed E-state index contributed by atoms with van der Waals surface area (Å²) in [6.45, 7) is 1.92. The van der Waals surface area contributed by atoms with Crippen molar-refractivity contribution in [3.63, 3.8) is 0 Å². The molecule has 8 heteroatoms. The lowest BCUT2D eigenvalue weighted by molar-refractivity contribution is 0.0824. The molecular formula is C22H23N3O5. The maximum Gasteiger partial charge on any atom is 0.257 e. The third-order valence-corrected chi connectivity index (χ3v) is 4.86. The lowest BCUT2D eigenvalue weighted by Crippen LogP contribution is -2.37. The van der Waals surface area contributed by atoms with Crippen LogP contribution in [0.25, 0.3) is 0 Å². The van der Waals surface area contributed by atoms with Gasteiger partial charge in [0.1, 0.15) is 17.1 Å². The summed E-state index contributed by atoms with van der Waals surface area (Å²) in [6.07, 6.45) is 0.626. The van der Waals surface area contributed by atoms with Crippen LogP contribution < -0.4 is 21.5 Å². The highest BCUT2D eigenvalue weighted by atomic mass is 16.3. The van der Waals surface area contributed by atoms with E-state index in [1.807, 2.05) is 6.92 Å². The lowest BCUT2D eigenvalue weighted by atomic mass is 10.0. The molecule has 0 aliphatic heterocycles. The van der Waals surface area contributed by atoms with Crippen LogP contribution in [-0.4, -0.2) is 35.1 Å². The van der Waals surface area contributed by atoms with E-state index in [1.54, 1.807) is 44.4 Å². The number of carbonyl (C=O) groups excluding carboxylic acids is 1. The Bertz CT molecular complexity index is 1140. The number of anilines is 3. The minimum atomic E-state index is -0.707. The molecule has 156 valence electrons. The number of para-hydroxylation sites is 1. The van der Waals surface area contributed by atoms with E-state index in [9.17, 15) is 24.6 Å². The fraction of sp³-hybridized carbons (Fsp3) is 0.227. The standard InChI is InChI=1S/C22H23N3O5/c1-4-15(12-8-10-13(26)11-9-12)23-17-18(21(29)20(17)28)24-16-7-5-6-14(19(16)27)22(30)25(2)3/h5-11,15,23-24,26-27H,4H2,1-3H3. The number of amides is 1. The molecule has 1 amide bonds. The average Bonchev–Trinajstić information content (AvgIpc) is 2.74. The number of nitrogens with zero attached hydrogens (tertiary/aromatic N) is 1. The molecule has 8 nitrogen and oxygen atoms in total. The number of aromatic hydroxyl groups is 2. The Morgan fingerprint density at radius 2 is 1.63 bits per heavy atom.